The van der Waals surface area contributed by atoms with Gasteiger partial charge in [0.05, 0.1) is 9.79 Å². The Morgan fingerprint density at radius 1 is 0.469 bits per heavy atom. The maximum Gasteiger partial charge on any atom is 0.223 e. The van der Waals surface area contributed by atoms with Crippen LogP contribution >= 0.6 is 10.5 Å². The van der Waals surface area contributed by atoms with E-state index in [4.69, 9.17) is 0 Å². The van der Waals surface area contributed by atoms with Crippen LogP contribution in [-0.4, -0.2) is 20.4 Å². The number of hydrogen-bond donors (Lipinski definition) is 0. The first kappa shape index (κ1) is 20.9. The summed E-state index contributed by atoms with van der Waals surface area (Å²) in [5.74, 6) is 0. The molecule has 32 heavy (non-hydrogen) atoms. The van der Waals surface area contributed by atoms with Crippen LogP contribution in [0.4, 0.5) is 0 Å². The molecule has 1 aliphatic rings. The number of fused-ring (bicyclic) bond motifs is 3. The lowest BCUT2D eigenvalue weighted by Gasteiger charge is -2.16. The van der Waals surface area contributed by atoms with Crippen molar-refractivity contribution in [2.75, 3.05) is 0 Å². The van der Waals surface area contributed by atoms with Gasteiger partial charge < -0.3 is 0 Å². The molecule has 0 unspecified atom stereocenters. The van der Waals surface area contributed by atoms with Crippen molar-refractivity contribution in [2.45, 2.75) is 19.6 Å². The number of rotatable bonds is 2. The fourth-order valence-corrected chi connectivity index (χ4v) is 12.2. The maximum atomic E-state index is 13.9. The predicted octanol–water partition coefficient (Wildman–Crippen LogP) is 5.39. The fourth-order valence-electron chi connectivity index (χ4n) is 3.79. The molecule has 0 amide bonds. The van der Waals surface area contributed by atoms with Crippen molar-refractivity contribution < 1.29 is 16.8 Å². The Hall–Kier alpha value is -3.00. The van der Waals surface area contributed by atoms with Crippen LogP contribution in [0, 0.1) is 0 Å². The number of sulfone groups is 2. The monoisotopic (exact) mass is 478 g/mol. The molecule has 1 aliphatic heterocycles. The molecule has 0 N–H and O–H groups in total. The zero-order chi connectivity index (χ0) is 22.3. The van der Waals surface area contributed by atoms with E-state index in [-0.39, 0.29) is 9.79 Å². The van der Waals surface area contributed by atoms with Crippen LogP contribution in [0.2, 0.25) is 0 Å². The second-order valence-corrected chi connectivity index (χ2v) is 13.6. The van der Waals surface area contributed by atoms with Gasteiger partial charge in [-0.1, -0.05) is 83.3 Å². The Kier molecular flexibility index (Phi) is 5.12. The average Bonchev–Trinajstić information content (AvgIpc) is 3.14. The highest BCUT2D eigenvalue weighted by Crippen LogP contribution is 2.55. The topological polar surface area (TPSA) is 68.3 Å². The fraction of sp³-hybridized carbons (Fsp3) is 0. The highest BCUT2D eigenvalue weighted by Gasteiger charge is 2.40. The largest absolute Gasteiger partial charge is 0.223 e. The predicted molar refractivity (Wildman–Crippen MR) is 128 cm³/mol. The number of benzene rings is 4. The Morgan fingerprint density at radius 3 is 1.22 bits per heavy atom. The summed E-state index contributed by atoms with van der Waals surface area (Å²) < 4.78 is 55.3. The van der Waals surface area contributed by atoms with Crippen molar-refractivity contribution >= 4 is 33.7 Å². The van der Waals surface area contributed by atoms with Crippen molar-refractivity contribution in [3.63, 3.8) is 0 Å². The maximum absolute atomic E-state index is 13.9. The van der Waals surface area contributed by atoms with E-state index in [0.29, 0.717) is 9.79 Å². The normalized spacial score (nSPS) is 13.4. The summed E-state index contributed by atoms with van der Waals surface area (Å²) in [4.78, 5) is 1.32. The smallest absolute Gasteiger partial charge is 0.217 e. The van der Waals surface area contributed by atoms with Gasteiger partial charge in [0.2, 0.25) is 23.2 Å². The second-order valence-electron chi connectivity index (χ2n) is 7.18. The van der Waals surface area contributed by atoms with Gasteiger partial charge in [-0.05, 0) is 47.5 Å². The van der Waals surface area contributed by atoms with Crippen LogP contribution < -0.4 is 0 Å². The van der Waals surface area contributed by atoms with Crippen molar-refractivity contribution in [3.8, 4) is 11.1 Å². The zero-order valence-electron chi connectivity index (χ0n) is 16.8. The SMILES string of the molecule is O=S(=O)(C(=S1c2ccccc2-c2ccccc21)S(=O)(=O)c1ccccc1)c1ccccc1. The highest BCUT2D eigenvalue weighted by molar-refractivity contribution is 8.48. The summed E-state index contributed by atoms with van der Waals surface area (Å²) in [5.41, 5.74) is 1.71. The van der Waals surface area contributed by atoms with E-state index in [9.17, 15) is 16.8 Å². The van der Waals surface area contributed by atoms with E-state index in [1.54, 1.807) is 36.4 Å². The minimum absolute atomic E-state index is 0.0381. The van der Waals surface area contributed by atoms with Gasteiger partial charge >= 0.3 is 0 Å². The summed E-state index contributed by atoms with van der Waals surface area (Å²) in [7, 11) is -9.98. The Morgan fingerprint density at radius 2 is 0.812 bits per heavy atom. The molecule has 0 saturated carbocycles. The summed E-state index contributed by atoms with van der Waals surface area (Å²) in [6.07, 6.45) is 0. The molecule has 0 saturated heterocycles. The van der Waals surface area contributed by atoms with Crippen molar-refractivity contribution in [3.05, 3.63) is 109 Å². The molecular formula is C25H18O4S3. The molecule has 5 rings (SSSR count). The minimum atomic E-state index is -4.33. The lowest BCUT2D eigenvalue weighted by molar-refractivity contribution is 0.603. The van der Waals surface area contributed by atoms with Crippen LogP contribution in [0.25, 0.3) is 11.1 Å². The first-order valence-corrected chi connectivity index (χ1v) is 14.0. The van der Waals surface area contributed by atoms with Crippen LogP contribution in [-0.2, 0) is 19.7 Å². The first-order valence-electron chi connectivity index (χ1n) is 9.82. The molecule has 0 aliphatic carbocycles. The van der Waals surface area contributed by atoms with Gasteiger partial charge in [-0.2, -0.15) is 0 Å². The van der Waals surface area contributed by atoms with Gasteiger partial charge in [-0.3, -0.25) is 0 Å². The Labute approximate surface area is 190 Å². The van der Waals surface area contributed by atoms with E-state index in [1.165, 1.54) is 24.3 Å². The molecular weight excluding hydrogens is 460 g/mol. The average molecular weight is 479 g/mol. The first-order chi connectivity index (χ1) is 15.4. The highest BCUT2D eigenvalue weighted by atomic mass is 32.3. The van der Waals surface area contributed by atoms with E-state index < -0.39 is 33.7 Å². The molecule has 0 bridgehead atoms. The zero-order valence-corrected chi connectivity index (χ0v) is 19.2. The summed E-state index contributed by atoms with van der Waals surface area (Å²) >= 11 is 0. The molecule has 0 atom stereocenters. The summed E-state index contributed by atoms with van der Waals surface area (Å²) in [6.45, 7) is 0. The third kappa shape index (κ3) is 3.24. The van der Waals surface area contributed by atoms with Crippen LogP contribution in [0.3, 0.4) is 0 Å². The second kappa shape index (κ2) is 7.85. The lowest BCUT2D eigenvalue weighted by atomic mass is 10.1. The van der Waals surface area contributed by atoms with E-state index in [2.05, 4.69) is 0 Å². The van der Waals surface area contributed by atoms with Crippen molar-refractivity contribution in [1.82, 2.24) is 0 Å². The quantitative estimate of drug-likeness (QED) is 0.319. The van der Waals surface area contributed by atoms with Gasteiger partial charge in [0, 0.05) is 9.79 Å². The third-order valence-electron chi connectivity index (χ3n) is 5.22. The van der Waals surface area contributed by atoms with Crippen molar-refractivity contribution in [2.24, 2.45) is 0 Å². The van der Waals surface area contributed by atoms with Gasteiger partial charge in [-0.25, -0.2) is 16.8 Å². The third-order valence-corrected chi connectivity index (χ3v) is 13.4. The molecule has 4 nitrogen and oxygen atoms in total. The van der Waals surface area contributed by atoms with E-state index in [1.807, 2.05) is 48.5 Å². The number of hydrogen-bond acceptors (Lipinski definition) is 4. The molecule has 0 fully saturated rings. The summed E-state index contributed by atoms with van der Waals surface area (Å²) in [5, 5.41) is 0. The van der Waals surface area contributed by atoms with Gasteiger partial charge in [0.25, 0.3) is 0 Å². The Balaban J connectivity index is 1.96. The lowest BCUT2D eigenvalue weighted by Crippen LogP contribution is -2.25. The minimum Gasteiger partial charge on any atom is -0.217 e. The molecule has 4 aromatic carbocycles. The molecule has 0 aromatic heterocycles. The molecule has 0 spiro atoms. The van der Waals surface area contributed by atoms with Crippen LogP contribution in [0.15, 0.2) is 129 Å². The van der Waals surface area contributed by atoms with Crippen LogP contribution in [0.1, 0.15) is 0 Å². The standard InChI is InChI=1S/C25H18O4S3/c26-31(27,19-11-3-1-4-12-19)25(32(28,29)20-13-5-2-6-14-20)30-23-17-9-7-15-21(23)22-16-8-10-18-24(22)30/h1-18H. The van der Waals surface area contributed by atoms with Gasteiger partial charge in [0.1, 0.15) is 0 Å². The summed E-state index contributed by atoms with van der Waals surface area (Å²) in [6, 6.07) is 30.4. The van der Waals surface area contributed by atoms with Gasteiger partial charge in [-0.15, -0.1) is 0 Å². The van der Waals surface area contributed by atoms with E-state index >= 15 is 0 Å². The molecule has 4 aromatic rings. The van der Waals surface area contributed by atoms with Crippen molar-refractivity contribution in [1.29, 1.82) is 0 Å². The van der Waals surface area contributed by atoms with Crippen LogP contribution in [0.5, 0.6) is 0 Å². The molecule has 0 radical (unpaired) electrons. The van der Waals surface area contributed by atoms with Gasteiger partial charge in [0.15, 0.2) is 0 Å². The molecule has 160 valence electrons. The molecule has 1 heterocycles. The van der Waals surface area contributed by atoms with E-state index in [0.717, 1.165) is 11.1 Å². The molecule has 7 heteroatoms. The Bertz CT molecular complexity index is 1450.